The molecule has 1 unspecified atom stereocenters. The van der Waals surface area contributed by atoms with Crippen molar-refractivity contribution in [1.29, 1.82) is 0 Å². The molecule has 9 nitrogen and oxygen atoms in total. The Labute approximate surface area is 145 Å². The third-order valence-corrected chi connectivity index (χ3v) is 3.42. The van der Waals surface area contributed by atoms with Crippen LogP contribution < -0.4 is 22.1 Å². The Bertz CT molecular complexity index is 787. The Hall–Kier alpha value is -3.23. The predicted molar refractivity (Wildman–Crippen MR) is 94.4 cm³/mol. The largest absolute Gasteiger partial charge is 0.368 e. The first-order valence-electron chi connectivity index (χ1n) is 7.75. The second kappa shape index (κ2) is 7.56. The van der Waals surface area contributed by atoms with Crippen LogP contribution in [0.3, 0.4) is 0 Å². The molecule has 0 radical (unpaired) electrons. The van der Waals surface area contributed by atoms with Crippen molar-refractivity contribution in [2.75, 3.05) is 10.6 Å². The van der Waals surface area contributed by atoms with Crippen LogP contribution in [0.5, 0.6) is 0 Å². The van der Waals surface area contributed by atoms with E-state index in [1.165, 1.54) is 6.20 Å². The van der Waals surface area contributed by atoms with Gasteiger partial charge in [-0.25, -0.2) is 9.97 Å². The Morgan fingerprint density at radius 1 is 1.16 bits per heavy atom. The lowest BCUT2D eigenvalue weighted by atomic mass is 10.2. The zero-order valence-electron chi connectivity index (χ0n) is 14.3. The molecule has 0 spiro atoms. The fourth-order valence-electron chi connectivity index (χ4n) is 2.32. The maximum atomic E-state index is 11.6. The number of primary amides is 2. The molecule has 0 saturated heterocycles. The van der Waals surface area contributed by atoms with Crippen LogP contribution in [0.2, 0.25) is 0 Å². The quantitative estimate of drug-likeness (QED) is 0.586. The summed E-state index contributed by atoms with van der Waals surface area (Å²) >= 11 is 0. The number of pyridine rings is 1. The van der Waals surface area contributed by atoms with Gasteiger partial charge in [0.15, 0.2) is 11.5 Å². The summed E-state index contributed by atoms with van der Waals surface area (Å²) in [6.45, 7) is 5.53. The number of nitrogens with two attached hydrogens (primary N) is 2. The van der Waals surface area contributed by atoms with Crippen LogP contribution in [0, 0.1) is 13.8 Å². The van der Waals surface area contributed by atoms with Crippen LogP contribution in [0.4, 0.5) is 17.3 Å². The van der Waals surface area contributed by atoms with E-state index in [0.29, 0.717) is 17.9 Å². The first-order valence-corrected chi connectivity index (χ1v) is 7.75. The van der Waals surface area contributed by atoms with Crippen molar-refractivity contribution in [3.63, 3.8) is 0 Å². The van der Waals surface area contributed by atoms with Crippen molar-refractivity contribution >= 4 is 29.1 Å². The lowest BCUT2D eigenvalue weighted by Gasteiger charge is -2.16. The molecule has 6 N–H and O–H groups in total. The van der Waals surface area contributed by atoms with Gasteiger partial charge in [-0.05, 0) is 32.4 Å². The maximum Gasteiger partial charge on any atom is 0.271 e. The van der Waals surface area contributed by atoms with Crippen molar-refractivity contribution in [2.45, 2.75) is 33.2 Å². The number of aryl methyl sites for hydroxylation is 2. The number of carbonyl (C=O) groups is 2. The van der Waals surface area contributed by atoms with E-state index in [-0.39, 0.29) is 11.5 Å². The van der Waals surface area contributed by atoms with Crippen LogP contribution in [-0.4, -0.2) is 32.8 Å². The SMILES string of the molecule is CCC(Nc1cnc(C(N)=O)c(Nc2cc(C)nc(C)c2)n1)C(N)=O. The molecule has 0 aliphatic carbocycles. The molecule has 0 aromatic carbocycles. The molecule has 2 rings (SSSR count). The molecule has 0 aliphatic rings. The first kappa shape index (κ1) is 18.1. The van der Waals surface area contributed by atoms with E-state index in [2.05, 4.69) is 25.6 Å². The summed E-state index contributed by atoms with van der Waals surface area (Å²) in [6.07, 6.45) is 1.82. The van der Waals surface area contributed by atoms with Gasteiger partial charge >= 0.3 is 0 Å². The van der Waals surface area contributed by atoms with Crippen molar-refractivity contribution in [3.05, 3.63) is 35.4 Å². The third-order valence-electron chi connectivity index (χ3n) is 3.42. The summed E-state index contributed by atoms with van der Waals surface area (Å²) in [6, 6.07) is 3.02. The second-order valence-corrected chi connectivity index (χ2v) is 5.59. The van der Waals surface area contributed by atoms with Gasteiger partial charge in [0.25, 0.3) is 5.91 Å². The molecule has 25 heavy (non-hydrogen) atoms. The molecule has 2 heterocycles. The number of rotatable bonds is 7. The average molecular weight is 343 g/mol. The maximum absolute atomic E-state index is 11.6. The Kier molecular flexibility index (Phi) is 5.48. The zero-order valence-corrected chi connectivity index (χ0v) is 14.3. The van der Waals surface area contributed by atoms with E-state index < -0.39 is 17.9 Å². The monoisotopic (exact) mass is 343 g/mol. The highest BCUT2D eigenvalue weighted by atomic mass is 16.1. The predicted octanol–water partition coefficient (Wildman–Crippen LogP) is 1.01. The smallest absolute Gasteiger partial charge is 0.271 e. The standard InChI is InChI=1S/C16H21N7O2/c1-4-11(14(17)24)22-12-7-19-13(15(18)25)16(23-12)21-10-5-8(2)20-9(3)6-10/h5-7,11H,4H2,1-3H3,(H2,17,24)(H2,18,25)(H2,20,21,22,23). The highest BCUT2D eigenvalue weighted by Gasteiger charge is 2.17. The molecule has 0 fully saturated rings. The zero-order chi connectivity index (χ0) is 18.6. The van der Waals surface area contributed by atoms with E-state index in [1.807, 2.05) is 20.8 Å². The summed E-state index contributed by atoms with van der Waals surface area (Å²) in [5, 5.41) is 5.92. The van der Waals surface area contributed by atoms with Gasteiger partial charge in [-0.2, -0.15) is 0 Å². The highest BCUT2D eigenvalue weighted by molar-refractivity contribution is 5.96. The van der Waals surface area contributed by atoms with Gasteiger partial charge in [-0.1, -0.05) is 6.92 Å². The number of carbonyl (C=O) groups excluding carboxylic acids is 2. The molecule has 0 bridgehead atoms. The normalized spacial score (nSPS) is 11.6. The molecule has 0 aliphatic heterocycles. The number of amides is 2. The number of anilines is 3. The number of nitrogens with one attached hydrogen (secondary N) is 2. The Morgan fingerprint density at radius 2 is 1.80 bits per heavy atom. The third kappa shape index (κ3) is 4.63. The van der Waals surface area contributed by atoms with Gasteiger partial charge < -0.3 is 22.1 Å². The lowest BCUT2D eigenvalue weighted by molar-refractivity contribution is -0.118. The van der Waals surface area contributed by atoms with Crippen LogP contribution in [0.1, 0.15) is 35.2 Å². The van der Waals surface area contributed by atoms with Gasteiger partial charge in [0.1, 0.15) is 11.9 Å². The van der Waals surface area contributed by atoms with Gasteiger partial charge in [0.2, 0.25) is 5.91 Å². The van der Waals surface area contributed by atoms with E-state index >= 15 is 0 Å². The lowest BCUT2D eigenvalue weighted by Crippen LogP contribution is -2.35. The number of nitrogens with zero attached hydrogens (tertiary/aromatic N) is 3. The van der Waals surface area contributed by atoms with Crippen molar-refractivity contribution in [2.24, 2.45) is 11.5 Å². The van der Waals surface area contributed by atoms with Gasteiger partial charge in [0, 0.05) is 17.1 Å². The molecule has 2 aromatic heterocycles. The number of hydrogen-bond acceptors (Lipinski definition) is 7. The topological polar surface area (TPSA) is 149 Å². The van der Waals surface area contributed by atoms with E-state index in [0.717, 1.165) is 11.4 Å². The first-order chi connectivity index (χ1) is 11.8. The average Bonchev–Trinajstić information content (AvgIpc) is 2.51. The summed E-state index contributed by atoms with van der Waals surface area (Å²) in [5.74, 6) is -0.730. The Balaban J connectivity index is 2.37. The van der Waals surface area contributed by atoms with Crippen molar-refractivity contribution < 1.29 is 9.59 Å². The molecule has 1 atom stereocenters. The fourth-order valence-corrected chi connectivity index (χ4v) is 2.32. The Morgan fingerprint density at radius 3 is 2.32 bits per heavy atom. The molecule has 0 saturated carbocycles. The van der Waals surface area contributed by atoms with Gasteiger partial charge in [-0.3, -0.25) is 14.6 Å². The molecular formula is C16H21N7O2. The van der Waals surface area contributed by atoms with E-state index in [1.54, 1.807) is 12.1 Å². The van der Waals surface area contributed by atoms with Crippen LogP contribution >= 0.6 is 0 Å². The fraction of sp³-hybridized carbons (Fsp3) is 0.312. The summed E-state index contributed by atoms with van der Waals surface area (Å²) in [7, 11) is 0. The van der Waals surface area contributed by atoms with E-state index in [9.17, 15) is 9.59 Å². The van der Waals surface area contributed by atoms with E-state index in [4.69, 9.17) is 11.5 Å². The minimum absolute atomic E-state index is 0.00945. The number of hydrogen-bond donors (Lipinski definition) is 4. The molecular weight excluding hydrogens is 322 g/mol. The van der Waals surface area contributed by atoms with Crippen molar-refractivity contribution in [3.8, 4) is 0 Å². The molecule has 132 valence electrons. The highest BCUT2D eigenvalue weighted by Crippen LogP contribution is 2.21. The van der Waals surface area contributed by atoms with Crippen LogP contribution in [0.25, 0.3) is 0 Å². The van der Waals surface area contributed by atoms with Crippen molar-refractivity contribution in [1.82, 2.24) is 15.0 Å². The van der Waals surface area contributed by atoms with Gasteiger partial charge in [0.05, 0.1) is 6.20 Å². The van der Waals surface area contributed by atoms with Gasteiger partial charge in [-0.15, -0.1) is 0 Å². The molecule has 2 aromatic rings. The second-order valence-electron chi connectivity index (χ2n) is 5.59. The molecule has 2 amide bonds. The minimum Gasteiger partial charge on any atom is -0.368 e. The molecule has 9 heteroatoms. The summed E-state index contributed by atoms with van der Waals surface area (Å²) < 4.78 is 0. The summed E-state index contributed by atoms with van der Waals surface area (Å²) in [4.78, 5) is 35.6. The minimum atomic E-state index is -0.717. The van der Waals surface area contributed by atoms with Crippen LogP contribution in [-0.2, 0) is 4.79 Å². The number of aromatic nitrogens is 3. The van der Waals surface area contributed by atoms with Crippen LogP contribution in [0.15, 0.2) is 18.3 Å². The summed E-state index contributed by atoms with van der Waals surface area (Å²) in [5.41, 5.74) is 13.0.